The number of aliphatic hydroxyl groups excluding tert-OH is 1. The van der Waals surface area contributed by atoms with Crippen LogP contribution in [0.1, 0.15) is 42.5 Å². The van der Waals surface area contributed by atoms with Gasteiger partial charge < -0.3 is 30.4 Å². The largest absolute Gasteiger partial charge is 0.456 e. The summed E-state index contributed by atoms with van der Waals surface area (Å²) >= 11 is 0. The second kappa shape index (κ2) is 7.91. The number of aliphatic hydroxyl groups is 4. The summed E-state index contributed by atoms with van der Waals surface area (Å²) in [5.74, 6) is -1.03. The van der Waals surface area contributed by atoms with Crippen molar-refractivity contribution in [1.29, 1.82) is 5.41 Å². The Morgan fingerprint density at radius 1 is 1.17 bits per heavy atom. The van der Waals surface area contributed by atoms with Crippen molar-refractivity contribution in [2.24, 2.45) is 0 Å². The number of hydrogen-bond acceptors (Lipinski definition) is 9. The van der Waals surface area contributed by atoms with E-state index in [9.17, 15) is 30.4 Å². The monoisotopic (exact) mass is 407 g/mol. The lowest BCUT2D eigenvalue weighted by molar-refractivity contribution is -0.241. The second-order valence-electron chi connectivity index (χ2n) is 7.31. The number of carbonyl (C=O) groups is 1. The van der Waals surface area contributed by atoms with Crippen LogP contribution in [0.3, 0.4) is 0 Å². The standard InChI is InChI=1S/C19H25N3O7/c1-17(25,11-23)19(3,27)18(2,26)13-9-22(28)15(20)14(21-13)16(24)29-10-12-7-5-4-6-8-12/h4-9,20,23,25-28H,10-11H2,1-3H3. The van der Waals surface area contributed by atoms with E-state index in [4.69, 9.17) is 10.1 Å². The molecule has 1 aromatic carbocycles. The zero-order valence-electron chi connectivity index (χ0n) is 16.3. The molecule has 3 unspecified atom stereocenters. The first-order valence-corrected chi connectivity index (χ1v) is 8.72. The summed E-state index contributed by atoms with van der Waals surface area (Å²) in [6.45, 7) is 2.25. The predicted molar refractivity (Wildman–Crippen MR) is 98.7 cm³/mol. The molecule has 0 amide bonds. The fourth-order valence-corrected chi connectivity index (χ4v) is 2.59. The van der Waals surface area contributed by atoms with E-state index >= 15 is 0 Å². The van der Waals surface area contributed by atoms with Crippen LogP contribution in [0, 0.1) is 5.41 Å². The fraction of sp³-hybridized carbons (Fsp3) is 0.421. The van der Waals surface area contributed by atoms with E-state index < -0.39 is 46.3 Å². The van der Waals surface area contributed by atoms with Gasteiger partial charge in [-0.2, -0.15) is 4.73 Å². The highest BCUT2D eigenvalue weighted by Crippen LogP contribution is 2.38. The van der Waals surface area contributed by atoms with Gasteiger partial charge >= 0.3 is 5.97 Å². The molecule has 0 aliphatic carbocycles. The Morgan fingerprint density at radius 3 is 2.31 bits per heavy atom. The summed E-state index contributed by atoms with van der Waals surface area (Å²) in [5, 5.41) is 59.1. The summed E-state index contributed by atoms with van der Waals surface area (Å²) in [7, 11) is 0. The molecule has 0 saturated heterocycles. The molecule has 1 heterocycles. The molecule has 10 nitrogen and oxygen atoms in total. The minimum absolute atomic E-state index is 0.107. The van der Waals surface area contributed by atoms with E-state index in [0.717, 1.165) is 27.0 Å². The number of hydrogen-bond donors (Lipinski definition) is 6. The van der Waals surface area contributed by atoms with Crippen molar-refractivity contribution in [3.63, 3.8) is 0 Å². The molecule has 10 heteroatoms. The second-order valence-corrected chi connectivity index (χ2v) is 7.31. The van der Waals surface area contributed by atoms with E-state index in [2.05, 4.69) is 4.98 Å². The number of nitrogens with one attached hydrogen (secondary N) is 1. The van der Waals surface area contributed by atoms with Crippen LogP contribution >= 0.6 is 0 Å². The molecule has 2 rings (SSSR count). The molecular weight excluding hydrogens is 382 g/mol. The Labute approximate surface area is 166 Å². The molecule has 0 spiro atoms. The molecule has 0 radical (unpaired) electrons. The first-order valence-electron chi connectivity index (χ1n) is 8.72. The molecule has 29 heavy (non-hydrogen) atoms. The van der Waals surface area contributed by atoms with Crippen LogP contribution in [0.5, 0.6) is 0 Å². The van der Waals surface area contributed by atoms with E-state index in [1.54, 1.807) is 30.3 Å². The average molecular weight is 407 g/mol. The molecule has 3 atom stereocenters. The maximum Gasteiger partial charge on any atom is 0.361 e. The van der Waals surface area contributed by atoms with Gasteiger partial charge in [0.2, 0.25) is 0 Å². The Hall–Kier alpha value is -2.79. The average Bonchev–Trinajstić information content (AvgIpc) is 2.68. The lowest BCUT2D eigenvalue weighted by Gasteiger charge is -2.46. The third-order valence-corrected chi connectivity index (χ3v) is 5.14. The van der Waals surface area contributed by atoms with Gasteiger partial charge in [-0.1, -0.05) is 30.3 Å². The summed E-state index contributed by atoms with van der Waals surface area (Å²) in [6, 6.07) is 8.76. The molecule has 0 bridgehead atoms. The molecule has 158 valence electrons. The smallest absolute Gasteiger partial charge is 0.361 e. The Balaban J connectivity index is 2.42. The quantitative estimate of drug-likeness (QED) is 0.267. The number of aromatic nitrogens is 2. The van der Waals surface area contributed by atoms with Crippen molar-refractivity contribution in [1.82, 2.24) is 9.71 Å². The number of carbonyl (C=O) groups excluding carboxylic acids is 1. The number of rotatable bonds is 7. The van der Waals surface area contributed by atoms with Crippen molar-refractivity contribution in [3.05, 3.63) is 59.0 Å². The highest BCUT2D eigenvalue weighted by Gasteiger charge is 2.56. The first kappa shape index (κ1) is 22.5. The summed E-state index contributed by atoms with van der Waals surface area (Å²) in [5.41, 5.74) is -7.91. The minimum Gasteiger partial charge on any atom is -0.456 e. The van der Waals surface area contributed by atoms with Gasteiger partial charge in [-0.15, -0.1) is 0 Å². The SMILES string of the molecule is CC(O)(CO)C(C)(O)C(C)(O)c1cn(O)c(=N)c(C(=O)OCc2ccccc2)n1. The van der Waals surface area contributed by atoms with Gasteiger partial charge in [0.1, 0.15) is 23.4 Å². The van der Waals surface area contributed by atoms with Crippen LogP contribution in [0.15, 0.2) is 36.5 Å². The third kappa shape index (κ3) is 4.15. The molecule has 0 aliphatic heterocycles. The van der Waals surface area contributed by atoms with Gasteiger partial charge in [0.05, 0.1) is 18.5 Å². The van der Waals surface area contributed by atoms with Crippen LogP contribution in [0.4, 0.5) is 0 Å². The van der Waals surface area contributed by atoms with Crippen molar-refractivity contribution in [2.75, 3.05) is 6.61 Å². The highest BCUT2D eigenvalue weighted by molar-refractivity contribution is 5.86. The predicted octanol–water partition coefficient (Wildman–Crippen LogP) is -0.341. The van der Waals surface area contributed by atoms with Gasteiger partial charge in [-0.25, -0.2) is 9.78 Å². The lowest BCUT2D eigenvalue weighted by Crippen LogP contribution is -2.64. The zero-order chi connectivity index (χ0) is 22.0. The van der Waals surface area contributed by atoms with E-state index in [1.807, 2.05) is 0 Å². The minimum atomic E-state index is -2.36. The van der Waals surface area contributed by atoms with E-state index in [0.29, 0.717) is 5.56 Å². The van der Waals surface area contributed by atoms with Gasteiger partial charge in [0.15, 0.2) is 11.2 Å². The molecule has 1 aromatic heterocycles. The van der Waals surface area contributed by atoms with Crippen molar-refractivity contribution in [2.45, 2.75) is 44.2 Å². The summed E-state index contributed by atoms with van der Waals surface area (Å²) in [6.07, 6.45) is 0.818. The van der Waals surface area contributed by atoms with Crippen molar-refractivity contribution in [3.8, 4) is 0 Å². The Kier molecular flexibility index (Phi) is 6.14. The normalized spacial score (nSPS) is 17.6. The Morgan fingerprint density at radius 2 is 1.76 bits per heavy atom. The maximum absolute atomic E-state index is 12.4. The number of esters is 1. The van der Waals surface area contributed by atoms with Gasteiger partial charge in [0, 0.05) is 0 Å². The van der Waals surface area contributed by atoms with Crippen molar-refractivity contribution >= 4 is 5.97 Å². The molecule has 6 N–H and O–H groups in total. The first-order chi connectivity index (χ1) is 13.3. The van der Waals surface area contributed by atoms with Crippen LogP contribution < -0.4 is 5.49 Å². The maximum atomic E-state index is 12.4. The Bertz CT molecular complexity index is 937. The number of benzene rings is 1. The summed E-state index contributed by atoms with van der Waals surface area (Å²) in [4.78, 5) is 16.3. The van der Waals surface area contributed by atoms with Crippen LogP contribution in [0.2, 0.25) is 0 Å². The third-order valence-electron chi connectivity index (χ3n) is 5.14. The molecule has 0 saturated carbocycles. The van der Waals surface area contributed by atoms with Crippen molar-refractivity contribution < 1.29 is 35.2 Å². The molecule has 0 fully saturated rings. The summed E-state index contributed by atoms with van der Waals surface area (Å²) < 4.78 is 5.35. The number of nitrogens with zero attached hydrogens (tertiary/aromatic N) is 2. The molecule has 2 aromatic rings. The topological polar surface area (TPSA) is 169 Å². The van der Waals surface area contributed by atoms with Gasteiger partial charge in [0.25, 0.3) is 0 Å². The van der Waals surface area contributed by atoms with Gasteiger partial charge in [-0.3, -0.25) is 5.41 Å². The molecule has 0 aliphatic rings. The highest BCUT2D eigenvalue weighted by atomic mass is 16.5. The van der Waals surface area contributed by atoms with Crippen LogP contribution in [0.25, 0.3) is 0 Å². The lowest BCUT2D eigenvalue weighted by atomic mass is 9.72. The molecular formula is C19H25N3O7. The number of ether oxygens (including phenoxy) is 1. The van der Waals surface area contributed by atoms with Crippen LogP contribution in [-0.4, -0.2) is 59.1 Å². The van der Waals surface area contributed by atoms with E-state index in [1.165, 1.54) is 0 Å². The fourth-order valence-electron chi connectivity index (χ4n) is 2.59. The van der Waals surface area contributed by atoms with E-state index in [-0.39, 0.29) is 11.3 Å². The van der Waals surface area contributed by atoms with Crippen LogP contribution in [-0.2, 0) is 16.9 Å². The van der Waals surface area contributed by atoms with Gasteiger partial charge in [-0.05, 0) is 26.3 Å². The zero-order valence-corrected chi connectivity index (χ0v) is 16.3.